The van der Waals surface area contributed by atoms with Crippen LogP contribution in [0.3, 0.4) is 0 Å². The quantitative estimate of drug-likeness (QED) is 0.548. The average molecular weight is 467 g/mol. The summed E-state index contributed by atoms with van der Waals surface area (Å²) in [5.74, 6) is -0.982. The van der Waals surface area contributed by atoms with Crippen LogP contribution in [0.25, 0.3) is 0 Å². The average Bonchev–Trinajstić information content (AvgIpc) is 2.67. The number of methoxy groups -OCH3 is 1. The van der Waals surface area contributed by atoms with E-state index in [2.05, 4.69) is 19.4 Å². The molecule has 0 bridgehead atoms. The van der Waals surface area contributed by atoms with Crippen LogP contribution in [0.2, 0.25) is 0 Å². The zero-order valence-electron chi connectivity index (χ0n) is 16.7. The van der Waals surface area contributed by atoms with Gasteiger partial charge in [0.15, 0.2) is 11.6 Å². The van der Waals surface area contributed by atoms with Crippen LogP contribution in [0.1, 0.15) is 11.4 Å². The third kappa shape index (κ3) is 5.27. The second-order valence-corrected chi connectivity index (χ2v) is 9.87. The van der Waals surface area contributed by atoms with Crippen molar-refractivity contribution in [3.05, 3.63) is 65.7 Å². The number of benzene rings is 2. The first-order valence-electron chi connectivity index (χ1n) is 8.82. The van der Waals surface area contributed by atoms with Gasteiger partial charge >= 0.3 is 0 Å². The first kappa shape index (κ1) is 22.4. The Balaban J connectivity index is 1.80. The second-order valence-electron chi connectivity index (χ2n) is 6.51. The smallest absolute Gasteiger partial charge is 0.264 e. The fourth-order valence-electron chi connectivity index (χ4n) is 2.68. The SMILES string of the molecule is COc1ccc(S(=O)(=O)Nc2ccc(S(=O)(=O)Nc3nc(C)cc(C)n3)cc2)cc1F. The standard InChI is InChI=1S/C19H19FN4O5S2/c1-12-10-13(2)22-19(21-12)24-30(25,26)15-6-4-14(5-7-15)23-31(27,28)16-8-9-18(29-3)17(20)11-16/h4-11,23H,1-3H3,(H,21,22,24). The fraction of sp³-hybridized carbons (Fsp3) is 0.158. The van der Waals surface area contributed by atoms with Crippen molar-refractivity contribution in [3.63, 3.8) is 0 Å². The Hall–Kier alpha value is -3.25. The number of halogens is 1. The molecule has 2 N–H and O–H groups in total. The molecule has 0 atom stereocenters. The van der Waals surface area contributed by atoms with Crippen LogP contribution in [0.4, 0.5) is 16.0 Å². The number of aryl methyl sites for hydroxylation is 2. The van der Waals surface area contributed by atoms with Gasteiger partial charge in [-0.15, -0.1) is 0 Å². The Morgan fingerprint density at radius 2 is 1.35 bits per heavy atom. The Kier molecular flexibility index (Phi) is 6.13. The lowest BCUT2D eigenvalue weighted by atomic mass is 10.3. The molecule has 0 aliphatic rings. The van der Waals surface area contributed by atoms with Gasteiger partial charge in [0.2, 0.25) is 5.95 Å². The van der Waals surface area contributed by atoms with Crippen LogP contribution in [-0.4, -0.2) is 33.9 Å². The number of ether oxygens (including phenoxy) is 1. The molecule has 0 unspecified atom stereocenters. The lowest BCUT2D eigenvalue weighted by Crippen LogP contribution is -2.16. The normalized spacial score (nSPS) is 11.7. The molecule has 1 heterocycles. The van der Waals surface area contributed by atoms with Gasteiger partial charge in [-0.05, 0) is 62.4 Å². The number of nitrogens with one attached hydrogen (secondary N) is 2. The van der Waals surface area contributed by atoms with E-state index >= 15 is 0 Å². The molecular formula is C19H19FN4O5S2. The molecule has 164 valence electrons. The Bertz CT molecular complexity index is 1310. The largest absolute Gasteiger partial charge is 0.494 e. The maximum Gasteiger partial charge on any atom is 0.264 e. The molecule has 3 rings (SSSR count). The first-order valence-corrected chi connectivity index (χ1v) is 11.8. The summed E-state index contributed by atoms with van der Waals surface area (Å²) >= 11 is 0. The predicted molar refractivity (Wildman–Crippen MR) is 113 cm³/mol. The van der Waals surface area contributed by atoms with E-state index in [1.165, 1.54) is 43.5 Å². The molecule has 0 saturated carbocycles. The summed E-state index contributed by atoms with van der Waals surface area (Å²) in [5.41, 5.74) is 1.30. The highest BCUT2D eigenvalue weighted by atomic mass is 32.2. The van der Waals surface area contributed by atoms with Gasteiger partial charge in [-0.2, -0.15) is 0 Å². The summed E-state index contributed by atoms with van der Waals surface area (Å²) in [6, 6.07) is 9.90. The van der Waals surface area contributed by atoms with E-state index in [0.717, 1.165) is 6.07 Å². The summed E-state index contributed by atoms with van der Waals surface area (Å²) in [5, 5.41) is 0. The molecule has 0 saturated heterocycles. The lowest BCUT2D eigenvalue weighted by Gasteiger charge is -2.11. The number of hydrogen-bond acceptors (Lipinski definition) is 7. The summed E-state index contributed by atoms with van der Waals surface area (Å²) < 4.78 is 73.2. The van der Waals surface area contributed by atoms with Crippen LogP contribution in [-0.2, 0) is 20.0 Å². The van der Waals surface area contributed by atoms with Gasteiger partial charge in [-0.25, -0.2) is 35.9 Å². The third-order valence-corrected chi connectivity index (χ3v) is 6.78. The van der Waals surface area contributed by atoms with Crippen LogP contribution in [0.5, 0.6) is 5.75 Å². The molecule has 1 aromatic heterocycles. The molecule has 12 heteroatoms. The Morgan fingerprint density at radius 3 is 1.90 bits per heavy atom. The van der Waals surface area contributed by atoms with E-state index in [9.17, 15) is 21.2 Å². The van der Waals surface area contributed by atoms with Gasteiger partial charge in [-0.1, -0.05) is 0 Å². The maximum absolute atomic E-state index is 13.8. The van der Waals surface area contributed by atoms with Crippen LogP contribution in [0.15, 0.2) is 58.3 Å². The van der Waals surface area contributed by atoms with Gasteiger partial charge in [0.05, 0.1) is 16.9 Å². The highest BCUT2D eigenvalue weighted by Crippen LogP contribution is 2.23. The van der Waals surface area contributed by atoms with Crippen molar-refractivity contribution in [1.82, 2.24) is 9.97 Å². The second kappa shape index (κ2) is 8.47. The van der Waals surface area contributed by atoms with E-state index in [0.29, 0.717) is 11.4 Å². The Morgan fingerprint density at radius 1 is 0.806 bits per heavy atom. The molecule has 2 aromatic carbocycles. The minimum atomic E-state index is -4.10. The van der Waals surface area contributed by atoms with Gasteiger partial charge in [0, 0.05) is 17.1 Å². The summed E-state index contributed by atoms with van der Waals surface area (Å²) in [7, 11) is -6.82. The zero-order chi connectivity index (χ0) is 22.8. The van der Waals surface area contributed by atoms with Crippen LogP contribution < -0.4 is 14.2 Å². The summed E-state index contributed by atoms with van der Waals surface area (Å²) in [6.07, 6.45) is 0. The Labute approximate surface area is 179 Å². The van der Waals surface area contributed by atoms with Crippen molar-refractivity contribution < 1.29 is 26.0 Å². The summed E-state index contributed by atoms with van der Waals surface area (Å²) in [6.45, 7) is 3.42. The minimum absolute atomic E-state index is 0.0659. The molecule has 31 heavy (non-hydrogen) atoms. The molecule has 0 radical (unpaired) electrons. The highest BCUT2D eigenvalue weighted by molar-refractivity contribution is 7.93. The van der Waals surface area contributed by atoms with Crippen LogP contribution in [0, 0.1) is 19.7 Å². The van der Waals surface area contributed by atoms with Crippen molar-refractivity contribution in [1.29, 1.82) is 0 Å². The molecule has 0 aliphatic heterocycles. The molecule has 3 aromatic rings. The maximum atomic E-state index is 13.8. The van der Waals surface area contributed by atoms with Gasteiger partial charge < -0.3 is 4.74 Å². The summed E-state index contributed by atoms with van der Waals surface area (Å²) in [4.78, 5) is 7.64. The van der Waals surface area contributed by atoms with Gasteiger partial charge in [0.1, 0.15) is 0 Å². The molecule has 0 amide bonds. The minimum Gasteiger partial charge on any atom is -0.494 e. The molecular weight excluding hydrogens is 447 g/mol. The zero-order valence-corrected chi connectivity index (χ0v) is 18.4. The number of nitrogens with zero attached hydrogens (tertiary/aromatic N) is 2. The van der Waals surface area contributed by atoms with E-state index < -0.39 is 25.9 Å². The number of sulfonamides is 2. The van der Waals surface area contributed by atoms with Crippen LogP contribution >= 0.6 is 0 Å². The van der Waals surface area contributed by atoms with Crippen molar-refractivity contribution in [2.75, 3.05) is 16.6 Å². The van der Waals surface area contributed by atoms with Crippen molar-refractivity contribution in [3.8, 4) is 5.75 Å². The molecule has 9 nitrogen and oxygen atoms in total. The molecule has 0 aliphatic carbocycles. The molecule has 0 spiro atoms. The number of hydrogen-bond donors (Lipinski definition) is 2. The van der Waals surface area contributed by atoms with E-state index in [-0.39, 0.29) is 27.2 Å². The first-order chi connectivity index (χ1) is 14.5. The number of aromatic nitrogens is 2. The van der Waals surface area contributed by atoms with Gasteiger partial charge in [-0.3, -0.25) is 4.72 Å². The molecule has 0 fully saturated rings. The van der Waals surface area contributed by atoms with E-state index in [4.69, 9.17) is 4.74 Å². The van der Waals surface area contributed by atoms with Gasteiger partial charge in [0.25, 0.3) is 20.0 Å². The van der Waals surface area contributed by atoms with Crippen molar-refractivity contribution >= 4 is 31.7 Å². The van der Waals surface area contributed by atoms with Crippen molar-refractivity contribution in [2.24, 2.45) is 0 Å². The van der Waals surface area contributed by atoms with Crippen molar-refractivity contribution in [2.45, 2.75) is 23.6 Å². The number of anilines is 2. The fourth-order valence-corrected chi connectivity index (χ4v) is 4.70. The van der Waals surface area contributed by atoms with E-state index in [1.807, 2.05) is 0 Å². The van der Waals surface area contributed by atoms with E-state index in [1.54, 1.807) is 19.9 Å². The lowest BCUT2D eigenvalue weighted by molar-refractivity contribution is 0.385. The third-order valence-electron chi connectivity index (χ3n) is 4.06. The highest BCUT2D eigenvalue weighted by Gasteiger charge is 2.19. The monoisotopic (exact) mass is 466 g/mol. The predicted octanol–water partition coefficient (Wildman–Crippen LogP) is 2.84. The number of rotatable bonds is 7. The topological polar surface area (TPSA) is 127 Å².